The van der Waals surface area contributed by atoms with E-state index in [1.165, 1.54) is 43.8 Å². The third-order valence-corrected chi connectivity index (χ3v) is 4.58. The summed E-state index contributed by atoms with van der Waals surface area (Å²) in [6.07, 6.45) is 2.80. The molecule has 1 aromatic heterocycles. The first-order valence-electron chi connectivity index (χ1n) is 8.89. The van der Waals surface area contributed by atoms with Crippen molar-refractivity contribution in [3.05, 3.63) is 82.9 Å². The summed E-state index contributed by atoms with van der Waals surface area (Å²) in [6, 6.07) is 8.87. The van der Waals surface area contributed by atoms with Crippen molar-refractivity contribution in [2.75, 3.05) is 7.11 Å². The first kappa shape index (κ1) is 18.9. The third-order valence-electron chi connectivity index (χ3n) is 4.58. The molecule has 0 saturated heterocycles. The van der Waals surface area contributed by atoms with E-state index < -0.39 is 5.97 Å². The van der Waals surface area contributed by atoms with Crippen LogP contribution in [0.15, 0.2) is 48.8 Å². The summed E-state index contributed by atoms with van der Waals surface area (Å²) in [6.45, 7) is 0.873. The SMILES string of the molecule is COC(=O)c1cnc(CN2Cc3cc(F)ccc3Oc3cccc(F)c3C2)cn1. The Morgan fingerprint density at radius 3 is 2.76 bits per heavy atom. The van der Waals surface area contributed by atoms with Gasteiger partial charge in [0.15, 0.2) is 5.69 Å². The minimum atomic E-state index is -0.576. The summed E-state index contributed by atoms with van der Waals surface area (Å²) < 4.78 is 38.7. The van der Waals surface area contributed by atoms with E-state index in [1.54, 1.807) is 12.1 Å². The molecule has 2 aromatic carbocycles. The van der Waals surface area contributed by atoms with Crippen molar-refractivity contribution in [1.82, 2.24) is 14.9 Å². The Bertz CT molecular complexity index is 1060. The molecule has 0 aliphatic carbocycles. The highest BCUT2D eigenvalue weighted by molar-refractivity contribution is 5.86. The molecule has 8 heteroatoms. The third kappa shape index (κ3) is 4.07. The van der Waals surface area contributed by atoms with E-state index in [2.05, 4.69) is 14.7 Å². The second-order valence-corrected chi connectivity index (χ2v) is 6.60. The van der Waals surface area contributed by atoms with E-state index in [4.69, 9.17) is 4.74 Å². The molecule has 0 amide bonds. The van der Waals surface area contributed by atoms with Crippen molar-refractivity contribution in [2.24, 2.45) is 0 Å². The zero-order chi connectivity index (χ0) is 20.4. The van der Waals surface area contributed by atoms with Crippen LogP contribution in [0.5, 0.6) is 11.5 Å². The van der Waals surface area contributed by atoms with Crippen LogP contribution in [0, 0.1) is 11.6 Å². The van der Waals surface area contributed by atoms with Crippen LogP contribution >= 0.6 is 0 Å². The molecule has 0 N–H and O–H groups in total. The Balaban J connectivity index is 1.67. The van der Waals surface area contributed by atoms with E-state index in [-0.39, 0.29) is 23.9 Å². The molecule has 0 atom stereocenters. The number of ether oxygens (including phenoxy) is 2. The molecule has 6 nitrogen and oxygen atoms in total. The van der Waals surface area contributed by atoms with E-state index in [0.717, 1.165) is 0 Å². The van der Waals surface area contributed by atoms with Crippen LogP contribution in [0.4, 0.5) is 8.78 Å². The number of methoxy groups -OCH3 is 1. The van der Waals surface area contributed by atoms with Crippen LogP contribution in [-0.2, 0) is 24.4 Å². The van der Waals surface area contributed by atoms with Gasteiger partial charge in [-0.1, -0.05) is 6.07 Å². The molecule has 0 saturated carbocycles. The second-order valence-electron chi connectivity index (χ2n) is 6.60. The predicted octanol–water partition coefficient (Wildman–Crippen LogP) is 3.85. The van der Waals surface area contributed by atoms with Crippen LogP contribution in [0.2, 0.25) is 0 Å². The van der Waals surface area contributed by atoms with Gasteiger partial charge in [-0.2, -0.15) is 0 Å². The van der Waals surface area contributed by atoms with Gasteiger partial charge in [-0.25, -0.2) is 18.6 Å². The zero-order valence-corrected chi connectivity index (χ0v) is 15.6. The highest BCUT2D eigenvalue weighted by Crippen LogP contribution is 2.34. The van der Waals surface area contributed by atoms with Gasteiger partial charge in [0.25, 0.3) is 0 Å². The first-order chi connectivity index (χ1) is 14.0. The van der Waals surface area contributed by atoms with Crippen LogP contribution < -0.4 is 4.74 Å². The average Bonchev–Trinajstić information content (AvgIpc) is 2.71. The number of benzene rings is 2. The molecule has 2 heterocycles. The Hall–Kier alpha value is -3.39. The van der Waals surface area contributed by atoms with Crippen molar-refractivity contribution in [2.45, 2.75) is 19.6 Å². The highest BCUT2D eigenvalue weighted by Gasteiger charge is 2.22. The van der Waals surface area contributed by atoms with Gasteiger partial charge in [-0.15, -0.1) is 0 Å². The lowest BCUT2D eigenvalue weighted by molar-refractivity contribution is 0.0593. The van der Waals surface area contributed by atoms with Crippen LogP contribution in [-0.4, -0.2) is 27.9 Å². The number of carbonyl (C=O) groups excluding carboxylic acids is 1. The fraction of sp³-hybridized carbons (Fsp3) is 0.190. The summed E-state index contributed by atoms with van der Waals surface area (Å²) in [4.78, 5) is 21.7. The van der Waals surface area contributed by atoms with Crippen LogP contribution in [0.1, 0.15) is 27.3 Å². The Kier molecular flexibility index (Phi) is 5.18. The fourth-order valence-electron chi connectivity index (χ4n) is 3.19. The molecule has 29 heavy (non-hydrogen) atoms. The quantitative estimate of drug-likeness (QED) is 0.626. The summed E-state index contributed by atoms with van der Waals surface area (Å²) in [5, 5.41) is 0. The number of hydrogen-bond donors (Lipinski definition) is 0. The lowest BCUT2D eigenvalue weighted by Gasteiger charge is -2.27. The molecule has 0 bridgehead atoms. The number of aromatic nitrogens is 2. The van der Waals surface area contributed by atoms with Crippen molar-refractivity contribution in [3.63, 3.8) is 0 Å². The molecule has 4 rings (SSSR count). The minimum absolute atomic E-state index is 0.0983. The van der Waals surface area contributed by atoms with E-state index in [9.17, 15) is 13.6 Å². The summed E-state index contributed by atoms with van der Waals surface area (Å²) in [7, 11) is 1.27. The lowest BCUT2D eigenvalue weighted by Crippen LogP contribution is -2.25. The van der Waals surface area contributed by atoms with Gasteiger partial charge in [0.05, 0.1) is 25.2 Å². The van der Waals surface area contributed by atoms with E-state index in [0.29, 0.717) is 41.4 Å². The standard InChI is InChI=1S/C21H17F2N3O3/c1-28-21(27)18-9-24-15(8-25-18)11-26-10-13-7-14(22)5-6-19(13)29-20-4-2-3-17(23)16(20)12-26/h2-9H,10-12H2,1H3. The summed E-state index contributed by atoms with van der Waals surface area (Å²) in [5.41, 5.74) is 1.72. The molecular weight excluding hydrogens is 380 g/mol. The summed E-state index contributed by atoms with van der Waals surface area (Å²) in [5.74, 6) is -0.489. The Labute approximate surface area is 165 Å². The van der Waals surface area contributed by atoms with Crippen molar-refractivity contribution in [3.8, 4) is 11.5 Å². The molecular formula is C21H17F2N3O3. The maximum atomic E-state index is 14.5. The number of nitrogens with zero attached hydrogens (tertiary/aromatic N) is 3. The van der Waals surface area contributed by atoms with E-state index >= 15 is 0 Å². The van der Waals surface area contributed by atoms with Crippen molar-refractivity contribution >= 4 is 5.97 Å². The van der Waals surface area contributed by atoms with Gasteiger partial charge >= 0.3 is 5.97 Å². The maximum Gasteiger partial charge on any atom is 0.358 e. The highest BCUT2D eigenvalue weighted by atomic mass is 19.1. The number of halogens is 2. The topological polar surface area (TPSA) is 64.5 Å². The van der Waals surface area contributed by atoms with Gasteiger partial charge < -0.3 is 9.47 Å². The van der Waals surface area contributed by atoms with Crippen molar-refractivity contribution < 1.29 is 23.0 Å². The van der Waals surface area contributed by atoms with Gasteiger partial charge in [0, 0.05) is 30.8 Å². The van der Waals surface area contributed by atoms with Gasteiger partial charge in [0.1, 0.15) is 23.1 Å². The average molecular weight is 397 g/mol. The molecule has 1 aliphatic rings. The zero-order valence-electron chi connectivity index (χ0n) is 15.6. The Morgan fingerprint density at radius 2 is 2.00 bits per heavy atom. The molecule has 0 fully saturated rings. The van der Waals surface area contributed by atoms with Gasteiger partial charge in [-0.05, 0) is 30.3 Å². The van der Waals surface area contributed by atoms with Crippen molar-refractivity contribution in [1.29, 1.82) is 0 Å². The molecule has 0 spiro atoms. The largest absolute Gasteiger partial charge is 0.464 e. The van der Waals surface area contributed by atoms with Crippen LogP contribution in [0.3, 0.4) is 0 Å². The molecule has 0 unspecified atom stereocenters. The number of esters is 1. The first-order valence-corrected chi connectivity index (χ1v) is 8.89. The monoisotopic (exact) mass is 397 g/mol. The normalized spacial score (nSPS) is 13.5. The predicted molar refractivity (Wildman–Crippen MR) is 99.2 cm³/mol. The number of carbonyl (C=O) groups is 1. The van der Waals surface area contributed by atoms with Gasteiger partial charge in [0.2, 0.25) is 0 Å². The van der Waals surface area contributed by atoms with Gasteiger partial charge in [-0.3, -0.25) is 9.88 Å². The maximum absolute atomic E-state index is 14.5. The number of hydrogen-bond acceptors (Lipinski definition) is 6. The lowest BCUT2D eigenvalue weighted by atomic mass is 10.1. The Morgan fingerprint density at radius 1 is 1.14 bits per heavy atom. The van der Waals surface area contributed by atoms with E-state index in [1.807, 2.05) is 4.90 Å². The number of rotatable bonds is 3. The van der Waals surface area contributed by atoms with Crippen LogP contribution in [0.25, 0.3) is 0 Å². The summed E-state index contributed by atoms with van der Waals surface area (Å²) >= 11 is 0. The number of fused-ring (bicyclic) bond motifs is 2. The molecule has 1 aliphatic heterocycles. The molecule has 3 aromatic rings. The smallest absolute Gasteiger partial charge is 0.358 e. The molecule has 0 radical (unpaired) electrons. The fourth-order valence-corrected chi connectivity index (χ4v) is 3.19. The molecule has 148 valence electrons. The second kappa shape index (κ2) is 7.92. The minimum Gasteiger partial charge on any atom is -0.464 e.